The number of halogens is 3. The van der Waals surface area contributed by atoms with E-state index in [0.717, 1.165) is 5.56 Å². The molecule has 0 aliphatic heterocycles. The number of benzene rings is 1. The third kappa shape index (κ3) is 4.38. The fourth-order valence-corrected chi connectivity index (χ4v) is 1.51. The maximum absolute atomic E-state index is 11.8. The second-order valence-electron chi connectivity index (χ2n) is 3.03. The lowest BCUT2D eigenvalue weighted by molar-refractivity contribution is -0.0327. The van der Waals surface area contributed by atoms with E-state index in [-0.39, 0.29) is 11.8 Å². The molecule has 0 heterocycles. The predicted octanol–water partition coefficient (Wildman–Crippen LogP) is 3.43. The van der Waals surface area contributed by atoms with Crippen molar-refractivity contribution in [2.45, 2.75) is 12.4 Å². The second-order valence-corrected chi connectivity index (χ2v) is 4.07. The standard InChI is InChI=1S/C10H9F3OS/c1-7-3-2-4-8(5-7)9(14)6-15-10(11,12)13/h2-5H,6H2,1H3. The van der Waals surface area contributed by atoms with Crippen molar-refractivity contribution in [2.75, 3.05) is 5.75 Å². The van der Waals surface area contributed by atoms with Gasteiger partial charge in [0.1, 0.15) is 0 Å². The van der Waals surface area contributed by atoms with Gasteiger partial charge in [0.25, 0.3) is 0 Å². The topological polar surface area (TPSA) is 17.1 Å². The Balaban J connectivity index is 2.62. The number of hydrogen-bond acceptors (Lipinski definition) is 2. The van der Waals surface area contributed by atoms with Gasteiger partial charge in [0.05, 0.1) is 5.75 Å². The zero-order valence-corrected chi connectivity index (χ0v) is 8.78. The zero-order chi connectivity index (χ0) is 11.5. The highest BCUT2D eigenvalue weighted by atomic mass is 32.2. The van der Waals surface area contributed by atoms with Crippen molar-refractivity contribution in [3.05, 3.63) is 35.4 Å². The van der Waals surface area contributed by atoms with Crippen LogP contribution in [0.3, 0.4) is 0 Å². The van der Waals surface area contributed by atoms with E-state index >= 15 is 0 Å². The molecule has 0 fully saturated rings. The van der Waals surface area contributed by atoms with Gasteiger partial charge in [0.2, 0.25) is 0 Å². The molecule has 1 aromatic rings. The Morgan fingerprint density at radius 1 is 1.40 bits per heavy atom. The van der Waals surface area contributed by atoms with E-state index in [1.165, 1.54) is 6.07 Å². The Morgan fingerprint density at radius 2 is 2.07 bits per heavy atom. The molecule has 0 saturated carbocycles. The summed E-state index contributed by atoms with van der Waals surface area (Å²) in [6, 6.07) is 6.54. The number of carbonyl (C=O) groups is 1. The largest absolute Gasteiger partial charge is 0.442 e. The van der Waals surface area contributed by atoms with Crippen LogP contribution in [-0.4, -0.2) is 17.0 Å². The van der Waals surface area contributed by atoms with Crippen molar-refractivity contribution in [1.82, 2.24) is 0 Å². The molecule has 5 heteroatoms. The molecular weight excluding hydrogens is 225 g/mol. The quantitative estimate of drug-likeness (QED) is 0.745. The number of aryl methyl sites for hydroxylation is 1. The molecule has 0 spiro atoms. The monoisotopic (exact) mass is 234 g/mol. The minimum absolute atomic E-state index is 0.307. The van der Waals surface area contributed by atoms with Crippen molar-refractivity contribution in [3.8, 4) is 0 Å². The first-order valence-electron chi connectivity index (χ1n) is 4.19. The van der Waals surface area contributed by atoms with Crippen LogP contribution in [0.2, 0.25) is 0 Å². The van der Waals surface area contributed by atoms with Crippen LogP contribution in [-0.2, 0) is 0 Å². The van der Waals surface area contributed by atoms with E-state index in [9.17, 15) is 18.0 Å². The molecule has 0 aliphatic rings. The number of Topliss-reactive ketones (excluding diaryl/α,β-unsaturated/α-hetero) is 1. The normalized spacial score (nSPS) is 11.5. The molecule has 0 aliphatic carbocycles. The first-order chi connectivity index (χ1) is 6.88. The minimum atomic E-state index is -4.35. The second kappa shape index (κ2) is 4.70. The summed E-state index contributed by atoms with van der Waals surface area (Å²) < 4.78 is 35.5. The number of carbonyl (C=O) groups excluding carboxylic acids is 1. The van der Waals surface area contributed by atoms with Crippen molar-refractivity contribution >= 4 is 17.5 Å². The first-order valence-corrected chi connectivity index (χ1v) is 5.17. The van der Waals surface area contributed by atoms with Gasteiger partial charge in [-0.05, 0) is 24.8 Å². The smallest absolute Gasteiger partial charge is 0.293 e. The molecule has 0 unspecified atom stereocenters. The zero-order valence-electron chi connectivity index (χ0n) is 7.97. The minimum Gasteiger partial charge on any atom is -0.293 e. The van der Waals surface area contributed by atoms with E-state index in [4.69, 9.17) is 0 Å². The maximum Gasteiger partial charge on any atom is 0.442 e. The molecule has 1 rings (SSSR count). The molecule has 0 N–H and O–H groups in total. The Hall–Kier alpha value is -0.970. The Bertz CT molecular complexity index is 360. The van der Waals surface area contributed by atoms with Crippen LogP contribution >= 0.6 is 11.8 Å². The van der Waals surface area contributed by atoms with Gasteiger partial charge in [-0.2, -0.15) is 13.2 Å². The van der Waals surface area contributed by atoms with E-state index in [1.54, 1.807) is 25.1 Å². The van der Waals surface area contributed by atoms with Crippen molar-refractivity contribution in [2.24, 2.45) is 0 Å². The van der Waals surface area contributed by atoms with Crippen LogP contribution in [0.5, 0.6) is 0 Å². The van der Waals surface area contributed by atoms with E-state index < -0.39 is 17.0 Å². The summed E-state index contributed by atoms with van der Waals surface area (Å²) in [4.78, 5) is 11.3. The van der Waals surface area contributed by atoms with Crippen molar-refractivity contribution < 1.29 is 18.0 Å². The summed E-state index contributed by atoms with van der Waals surface area (Å²) in [5.41, 5.74) is -3.16. The summed E-state index contributed by atoms with van der Waals surface area (Å²) in [5.74, 6) is -1.06. The highest BCUT2D eigenvalue weighted by molar-refractivity contribution is 8.00. The van der Waals surface area contributed by atoms with E-state index in [1.807, 2.05) is 0 Å². The highest BCUT2D eigenvalue weighted by Gasteiger charge is 2.29. The van der Waals surface area contributed by atoms with Gasteiger partial charge >= 0.3 is 5.51 Å². The molecule has 0 aromatic heterocycles. The molecule has 0 saturated heterocycles. The molecule has 1 nitrogen and oxygen atoms in total. The molecule has 82 valence electrons. The van der Waals surface area contributed by atoms with E-state index in [2.05, 4.69) is 0 Å². The summed E-state index contributed by atoms with van der Waals surface area (Å²) in [6.45, 7) is 1.79. The van der Waals surface area contributed by atoms with Crippen molar-refractivity contribution in [3.63, 3.8) is 0 Å². The van der Waals surface area contributed by atoms with Gasteiger partial charge in [0.15, 0.2) is 5.78 Å². The summed E-state index contributed by atoms with van der Waals surface area (Å²) in [7, 11) is 0. The number of rotatable bonds is 3. The molecule has 0 atom stereocenters. The lowest BCUT2D eigenvalue weighted by Gasteiger charge is -2.05. The molecule has 0 amide bonds. The van der Waals surface area contributed by atoms with Crippen LogP contribution in [0.1, 0.15) is 15.9 Å². The van der Waals surface area contributed by atoms with Gasteiger partial charge in [-0.15, -0.1) is 0 Å². The van der Waals surface area contributed by atoms with Crippen LogP contribution in [0.4, 0.5) is 13.2 Å². The number of ketones is 1. The number of thioether (sulfide) groups is 1. The Morgan fingerprint density at radius 3 is 2.60 bits per heavy atom. The van der Waals surface area contributed by atoms with Gasteiger partial charge in [-0.1, -0.05) is 23.8 Å². The predicted molar refractivity (Wildman–Crippen MR) is 54.0 cm³/mol. The van der Waals surface area contributed by atoms with Crippen LogP contribution in [0, 0.1) is 6.92 Å². The van der Waals surface area contributed by atoms with Crippen molar-refractivity contribution in [1.29, 1.82) is 0 Å². The molecule has 1 aromatic carbocycles. The third-order valence-corrected chi connectivity index (χ3v) is 2.44. The molecule has 0 radical (unpaired) electrons. The summed E-state index contributed by atoms with van der Waals surface area (Å²) >= 11 is -0.307. The summed E-state index contributed by atoms with van der Waals surface area (Å²) in [5, 5.41) is 0. The fraction of sp³-hybridized carbons (Fsp3) is 0.300. The Kier molecular flexibility index (Phi) is 3.79. The maximum atomic E-state index is 11.8. The molecular formula is C10H9F3OS. The first kappa shape index (κ1) is 12.1. The molecule has 15 heavy (non-hydrogen) atoms. The number of hydrogen-bond donors (Lipinski definition) is 0. The van der Waals surface area contributed by atoms with Crippen LogP contribution < -0.4 is 0 Å². The van der Waals surface area contributed by atoms with Gasteiger partial charge in [-0.3, -0.25) is 4.79 Å². The van der Waals surface area contributed by atoms with Gasteiger partial charge in [0, 0.05) is 5.56 Å². The van der Waals surface area contributed by atoms with Crippen LogP contribution in [0.15, 0.2) is 24.3 Å². The average Bonchev–Trinajstić information content (AvgIpc) is 2.13. The lowest BCUT2D eigenvalue weighted by atomic mass is 10.1. The van der Waals surface area contributed by atoms with Gasteiger partial charge < -0.3 is 0 Å². The van der Waals surface area contributed by atoms with Crippen LogP contribution in [0.25, 0.3) is 0 Å². The third-order valence-electron chi connectivity index (χ3n) is 1.71. The average molecular weight is 234 g/mol. The lowest BCUT2D eigenvalue weighted by Crippen LogP contribution is -2.09. The number of alkyl halides is 3. The van der Waals surface area contributed by atoms with Gasteiger partial charge in [-0.25, -0.2) is 0 Å². The summed E-state index contributed by atoms with van der Waals surface area (Å²) in [6.07, 6.45) is 0. The highest BCUT2D eigenvalue weighted by Crippen LogP contribution is 2.30. The SMILES string of the molecule is Cc1cccc(C(=O)CSC(F)(F)F)c1. The molecule has 0 bridgehead atoms. The van der Waals surface area contributed by atoms with E-state index in [0.29, 0.717) is 5.56 Å². The Labute approximate surface area is 89.7 Å². The fourth-order valence-electron chi connectivity index (χ4n) is 1.05.